The number of aromatic nitrogens is 2. The van der Waals surface area contributed by atoms with Crippen LogP contribution in [0.5, 0.6) is 0 Å². The van der Waals surface area contributed by atoms with Crippen LogP contribution in [-0.2, 0) is 21.2 Å². The number of hydrogen-bond donors (Lipinski definition) is 1. The summed E-state index contributed by atoms with van der Waals surface area (Å²) >= 11 is 0. The number of anilines is 1. The second kappa shape index (κ2) is 10.4. The molecule has 0 unspecified atom stereocenters. The molecule has 0 spiro atoms. The molecule has 0 radical (unpaired) electrons. The van der Waals surface area contributed by atoms with Gasteiger partial charge < -0.3 is 14.9 Å². The average molecular weight is 471 g/mol. The van der Waals surface area contributed by atoms with Gasteiger partial charge in [-0.05, 0) is 81.1 Å². The van der Waals surface area contributed by atoms with E-state index in [1.165, 1.54) is 16.8 Å². The molecule has 2 saturated heterocycles. The minimum atomic E-state index is -3.70. The van der Waals surface area contributed by atoms with E-state index in [4.69, 9.17) is 9.90 Å². The van der Waals surface area contributed by atoms with E-state index >= 15 is 0 Å². The molecule has 0 bridgehead atoms. The van der Waals surface area contributed by atoms with Crippen molar-refractivity contribution in [1.82, 2.24) is 13.9 Å². The van der Waals surface area contributed by atoms with Crippen molar-refractivity contribution < 1.29 is 18.3 Å². The van der Waals surface area contributed by atoms with Crippen LogP contribution in [0.4, 0.5) is 5.69 Å². The SMILES string of the molecule is O=CO.O=S(=O)(c1cccc(N2CCCC2)c1)n1cc(CCN2CCCC2)c2ncccc21. The highest BCUT2D eigenvalue weighted by Gasteiger charge is 2.24. The summed E-state index contributed by atoms with van der Waals surface area (Å²) in [5.74, 6) is 0. The highest BCUT2D eigenvalue weighted by molar-refractivity contribution is 7.90. The van der Waals surface area contributed by atoms with Crippen LogP contribution in [0.15, 0.2) is 53.7 Å². The van der Waals surface area contributed by atoms with Crippen LogP contribution in [0.2, 0.25) is 0 Å². The van der Waals surface area contributed by atoms with Gasteiger partial charge in [-0.2, -0.15) is 0 Å². The molecule has 1 aromatic carbocycles. The third-order valence-electron chi connectivity index (χ3n) is 6.34. The Labute approximate surface area is 194 Å². The van der Waals surface area contributed by atoms with Gasteiger partial charge in [-0.25, -0.2) is 12.4 Å². The van der Waals surface area contributed by atoms with Gasteiger partial charge in [0.1, 0.15) is 0 Å². The van der Waals surface area contributed by atoms with Gasteiger partial charge in [0.2, 0.25) is 0 Å². The molecular weight excluding hydrogens is 440 g/mol. The van der Waals surface area contributed by atoms with Crippen LogP contribution >= 0.6 is 0 Å². The molecule has 2 aromatic heterocycles. The van der Waals surface area contributed by atoms with E-state index in [-0.39, 0.29) is 6.47 Å². The van der Waals surface area contributed by atoms with E-state index in [0.29, 0.717) is 10.4 Å². The van der Waals surface area contributed by atoms with Crippen molar-refractivity contribution in [3.05, 3.63) is 54.4 Å². The highest BCUT2D eigenvalue weighted by Crippen LogP contribution is 2.28. The summed E-state index contributed by atoms with van der Waals surface area (Å²) in [7, 11) is -3.70. The second-order valence-electron chi connectivity index (χ2n) is 8.42. The Kier molecular flexibility index (Phi) is 7.29. The predicted octanol–water partition coefficient (Wildman–Crippen LogP) is 3.21. The molecule has 2 aliphatic heterocycles. The topological polar surface area (TPSA) is 95.7 Å². The van der Waals surface area contributed by atoms with Crippen LogP contribution in [0.1, 0.15) is 31.2 Å². The van der Waals surface area contributed by atoms with Gasteiger partial charge in [0.25, 0.3) is 16.5 Å². The van der Waals surface area contributed by atoms with Crippen molar-refractivity contribution in [2.45, 2.75) is 37.0 Å². The summed E-state index contributed by atoms with van der Waals surface area (Å²) in [6.07, 6.45) is 9.15. The number of fused-ring (bicyclic) bond motifs is 1. The van der Waals surface area contributed by atoms with E-state index in [1.807, 2.05) is 24.3 Å². The van der Waals surface area contributed by atoms with E-state index < -0.39 is 10.0 Å². The molecule has 2 aliphatic rings. The van der Waals surface area contributed by atoms with Gasteiger partial charge in [0.05, 0.1) is 15.9 Å². The van der Waals surface area contributed by atoms with Crippen molar-refractivity contribution in [2.75, 3.05) is 37.6 Å². The number of carboxylic acid groups (broad SMARTS) is 1. The van der Waals surface area contributed by atoms with E-state index in [9.17, 15) is 8.42 Å². The Hall–Kier alpha value is -2.91. The molecule has 0 aliphatic carbocycles. The average Bonchev–Trinajstić information content (AvgIpc) is 3.60. The van der Waals surface area contributed by atoms with Crippen molar-refractivity contribution >= 4 is 33.2 Å². The molecule has 4 heterocycles. The molecule has 33 heavy (non-hydrogen) atoms. The maximum Gasteiger partial charge on any atom is 0.290 e. The normalized spacial score (nSPS) is 16.7. The molecule has 5 rings (SSSR count). The molecule has 176 valence electrons. The predicted molar refractivity (Wildman–Crippen MR) is 128 cm³/mol. The Morgan fingerprint density at radius 3 is 2.42 bits per heavy atom. The quantitative estimate of drug-likeness (QED) is 0.553. The van der Waals surface area contributed by atoms with Gasteiger partial charge >= 0.3 is 0 Å². The number of likely N-dealkylation sites (tertiary alicyclic amines) is 1. The standard InChI is InChI=1S/C23H28N4O2S.CH2O2/c28-30(29,21-8-5-7-20(17-21)26-14-3-4-15-26)27-18-19(10-16-25-12-1-2-13-25)23-22(27)9-6-11-24-23;2-1-3/h5-9,11,17-18H,1-4,10,12-16H2;1H,(H,2,3). The monoisotopic (exact) mass is 470 g/mol. The first-order valence-corrected chi connectivity index (χ1v) is 12.8. The van der Waals surface area contributed by atoms with Crippen LogP contribution in [-0.4, -0.2) is 66.6 Å². The Bertz CT molecular complexity index is 1200. The van der Waals surface area contributed by atoms with Crippen LogP contribution in [0, 0.1) is 0 Å². The third kappa shape index (κ3) is 5.04. The van der Waals surface area contributed by atoms with Gasteiger partial charge in [-0.15, -0.1) is 0 Å². The Morgan fingerprint density at radius 2 is 1.70 bits per heavy atom. The van der Waals surface area contributed by atoms with Crippen molar-refractivity contribution in [2.24, 2.45) is 0 Å². The zero-order valence-corrected chi connectivity index (χ0v) is 19.5. The maximum atomic E-state index is 13.6. The van der Waals surface area contributed by atoms with E-state index in [1.54, 1.807) is 24.5 Å². The first kappa shape index (κ1) is 23.3. The molecule has 0 saturated carbocycles. The summed E-state index contributed by atoms with van der Waals surface area (Å²) in [4.78, 5) is 17.9. The molecule has 9 heteroatoms. The first-order valence-electron chi connectivity index (χ1n) is 11.4. The molecule has 2 fully saturated rings. The lowest BCUT2D eigenvalue weighted by Gasteiger charge is -2.18. The number of rotatable bonds is 6. The first-order chi connectivity index (χ1) is 16.0. The summed E-state index contributed by atoms with van der Waals surface area (Å²) < 4.78 is 28.6. The van der Waals surface area contributed by atoms with E-state index in [2.05, 4.69) is 14.8 Å². The summed E-state index contributed by atoms with van der Waals surface area (Å²) in [5, 5.41) is 6.89. The molecular formula is C24H30N4O4S. The van der Waals surface area contributed by atoms with Crippen molar-refractivity contribution in [1.29, 1.82) is 0 Å². The van der Waals surface area contributed by atoms with Crippen molar-refractivity contribution in [3.8, 4) is 0 Å². The van der Waals surface area contributed by atoms with Gasteiger partial charge in [0.15, 0.2) is 0 Å². The molecule has 0 atom stereocenters. The Morgan fingerprint density at radius 1 is 1.00 bits per heavy atom. The fourth-order valence-corrected chi connectivity index (χ4v) is 6.11. The van der Waals surface area contributed by atoms with Gasteiger partial charge in [-0.3, -0.25) is 9.78 Å². The lowest BCUT2D eigenvalue weighted by molar-refractivity contribution is -0.122. The van der Waals surface area contributed by atoms with Crippen LogP contribution < -0.4 is 4.90 Å². The smallest absolute Gasteiger partial charge is 0.290 e. The zero-order chi connectivity index (χ0) is 23.3. The molecule has 1 N–H and O–H groups in total. The maximum absolute atomic E-state index is 13.6. The van der Waals surface area contributed by atoms with Gasteiger partial charge in [0, 0.05) is 37.7 Å². The lowest BCUT2D eigenvalue weighted by atomic mass is 10.2. The van der Waals surface area contributed by atoms with E-state index in [0.717, 1.165) is 68.8 Å². The zero-order valence-electron chi connectivity index (χ0n) is 18.6. The third-order valence-corrected chi connectivity index (χ3v) is 8.01. The molecule has 8 nitrogen and oxygen atoms in total. The number of benzene rings is 1. The summed E-state index contributed by atoms with van der Waals surface area (Å²) in [6, 6.07) is 11.0. The fourth-order valence-electron chi connectivity index (χ4n) is 4.69. The number of carbonyl (C=O) groups is 1. The highest BCUT2D eigenvalue weighted by atomic mass is 32.2. The van der Waals surface area contributed by atoms with Crippen LogP contribution in [0.25, 0.3) is 11.0 Å². The summed E-state index contributed by atoms with van der Waals surface area (Å²) in [6.45, 7) is 4.93. The largest absolute Gasteiger partial charge is 0.483 e. The second-order valence-corrected chi connectivity index (χ2v) is 10.2. The minimum Gasteiger partial charge on any atom is -0.483 e. The number of pyridine rings is 1. The Balaban J connectivity index is 0.000000821. The van der Waals surface area contributed by atoms with Crippen molar-refractivity contribution in [3.63, 3.8) is 0 Å². The summed E-state index contributed by atoms with van der Waals surface area (Å²) in [5.41, 5.74) is 3.42. The number of nitrogens with zero attached hydrogens (tertiary/aromatic N) is 4. The minimum absolute atomic E-state index is 0.250. The van der Waals surface area contributed by atoms with Gasteiger partial charge in [-0.1, -0.05) is 6.07 Å². The molecule has 0 amide bonds. The lowest BCUT2D eigenvalue weighted by Crippen LogP contribution is -2.22. The van der Waals surface area contributed by atoms with Crippen LogP contribution in [0.3, 0.4) is 0 Å². The fraction of sp³-hybridized carbons (Fsp3) is 0.417. The number of hydrogen-bond acceptors (Lipinski definition) is 6. The molecule has 3 aromatic rings.